The third-order valence-electron chi connectivity index (χ3n) is 4.37. The fraction of sp³-hybridized carbons (Fsp3) is 0.0909. The topological polar surface area (TPSA) is 81.9 Å². The Bertz CT molecular complexity index is 1010. The van der Waals surface area contributed by atoms with Crippen LogP contribution in [0, 0.1) is 0 Å². The number of ether oxygens (including phenoxy) is 1. The molecule has 0 aliphatic heterocycles. The Balaban J connectivity index is 1.44. The van der Waals surface area contributed by atoms with Gasteiger partial charge >= 0.3 is 0 Å². The highest BCUT2D eigenvalue weighted by molar-refractivity contribution is 5.78. The molecule has 0 unspecified atom stereocenters. The van der Waals surface area contributed by atoms with Crippen molar-refractivity contribution in [3.63, 3.8) is 0 Å². The monoisotopic (exact) mass is 385 g/mol. The van der Waals surface area contributed by atoms with Crippen molar-refractivity contribution in [2.24, 2.45) is 0 Å². The van der Waals surface area contributed by atoms with Gasteiger partial charge in [0.1, 0.15) is 12.1 Å². The molecule has 7 nitrogen and oxygen atoms in total. The van der Waals surface area contributed by atoms with Crippen LogP contribution >= 0.6 is 0 Å². The largest absolute Gasteiger partial charge is 0.484 e. The van der Waals surface area contributed by atoms with Gasteiger partial charge < -0.3 is 10.1 Å². The summed E-state index contributed by atoms with van der Waals surface area (Å²) in [6.07, 6.45) is 1.50. The standard InChI is InChI=1S/C22H19N5O2/c28-21(15-29-20-13-7-12-19(14-20)27-16-23-25-26-27)24-22(17-8-3-1-4-9-17)18-10-5-2-6-11-18/h1-14,16,22H,15H2,(H,24,28). The zero-order chi connectivity index (χ0) is 19.9. The number of amides is 1. The van der Waals surface area contributed by atoms with Crippen molar-refractivity contribution in [1.29, 1.82) is 0 Å². The maximum atomic E-state index is 12.6. The summed E-state index contributed by atoms with van der Waals surface area (Å²) in [6.45, 7) is -0.102. The van der Waals surface area contributed by atoms with Crippen molar-refractivity contribution >= 4 is 5.91 Å². The van der Waals surface area contributed by atoms with Gasteiger partial charge in [-0.15, -0.1) is 5.10 Å². The van der Waals surface area contributed by atoms with Crippen LogP contribution in [-0.4, -0.2) is 32.7 Å². The van der Waals surface area contributed by atoms with E-state index in [2.05, 4.69) is 20.8 Å². The smallest absolute Gasteiger partial charge is 0.258 e. The van der Waals surface area contributed by atoms with E-state index in [9.17, 15) is 4.79 Å². The first kappa shape index (κ1) is 18.4. The van der Waals surface area contributed by atoms with Crippen molar-refractivity contribution < 1.29 is 9.53 Å². The predicted octanol–water partition coefficient (Wildman–Crippen LogP) is 2.95. The number of carbonyl (C=O) groups excluding carboxylic acids is 1. The van der Waals surface area contributed by atoms with Crippen molar-refractivity contribution in [3.8, 4) is 11.4 Å². The Morgan fingerprint density at radius 2 is 1.62 bits per heavy atom. The van der Waals surface area contributed by atoms with Crippen molar-refractivity contribution in [3.05, 3.63) is 102 Å². The Labute approximate surface area is 168 Å². The molecule has 0 fully saturated rings. The molecule has 1 heterocycles. The number of nitrogens with one attached hydrogen (secondary N) is 1. The number of tetrazole rings is 1. The van der Waals surface area contributed by atoms with Gasteiger partial charge in [0.2, 0.25) is 0 Å². The average Bonchev–Trinajstić information content (AvgIpc) is 3.33. The minimum atomic E-state index is -0.249. The SMILES string of the molecule is O=C(COc1cccc(-n2cnnn2)c1)NC(c1ccccc1)c1ccccc1. The van der Waals surface area contributed by atoms with Gasteiger partial charge in [-0.2, -0.15) is 0 Å². The van der Waals surface area contributed by atoms with Crippen LogP contribution in [0.15, 0.2) is 91.3 Å². The van der Waals surface area contributed by atoms with Crippen molar-refractivity contribution in [2.75, 3.05) is 6.61 Å². The van der Waals surface area contributed by atoms with Gasteiger partial charge in [0.15, 0.2) is 6.61 Å². The minimum Gasteiger partial charge on any atom is -0.484 e. The maximum absolute atomic E-state index is 12.6. The van der Waals surface area contributed by atoms with Gasteiger partial charge in [0.25, 0.3) is 5.91 Å². The fourth-order valence-corrected chi connectivity index (χ4v) is 3.00. The molecule has 29 heavy (non-hydrogen) atoms. The number of rotatable bonds is 7. The lowest BCUT2D eigenvalue weighted by atomic mass is 9.99. The molecule has 4 rings (SSSR count). The summed E-state index contributed by atoms with van der Waals surface area (Å²) in [4.78, 5) is 12.6. The molecule has 0 aliphatic rings. The fourth-order valence-electron chi connectivity index (χ4n) is 3.00. The second-order valence-corrected chi connectivity index (χ2v) is 6.36. The Morgan fingerprint density at radius 1 is 0.931 bits per heavy atom. The summed E-state index contributed by atoms with van der Waals surface area (Å²) in [5, 5.41) is 14.2. The molecule has 144 valence electrons. The maximum Gasteiger partial charge on any atom is 0.258 e. The van der Waals surface area contributed by atoms with Crippen molar-refractivity contribution in [1.82, 2.24) is 25.5 Å². The molecular formula is C22H19N5O2. The van der Waals surface area contributed by atoms with Crippen LogP contribution in [0.25, 0.3) is 5.69 Å². The van der Waals surface area contributed by atoms with E-state index in [4.69, 9.17) is 4.74 Å². The molecule has 0 saturated carbocycles. The zero-order valence-electron chi connectivity index (χ0n) is 15.6. The van der Waals surface area contributed by atoms with Crippen LogP contribution in [0.4, 0.5) is 0 Å². The van der Waals surface area contributed by atoms with Gasteiger partial charge in [0.05, 0.1) is 11.7 Å². The normalized spacial score (nSPS) is 10.7. The first-order valence-corrected chi connectivity index (χ1v) is 9.15. The van der Waals surface area contributed by atoms with E-state index in [0.717, 1.165) is 16.8 Å². The van der Waals surface area contributed by atoms with E-state index in [1.165, 1.54) is 11.0 Å². The summed E-state index contributed by atoms with van der Waals surface area (Å²) in [6, 6.07) is 26.7. The summed E-state index contributed by atoms with van der Waals surface area (Å²) < 4.78 is 7.21. The van der Waals surface area contributed by atoms with Crippen molar-refractivity contribution in [2.45, 2.75) is 6.04 Å². The van der Waals surface area contributed by atoms with Crippen LogP contribution < -0.4 is 10.1 Å². The molecule has 4 aromatic rings. The number of nitrogens with zero attached hydrogens (tertiary/aromatic N) is 4. The molecule has 0 saturated heterocycles. The molecular weight excluding hydrogens is 366 g/mol. The molecule has 1 aromatic heterocycles. The lowest BCUT2D eigenvalue weighted by molar-refractivity contribution is -0.123. The third-order valence-corrected chi connectivity index (χ3v) is 4.37. The van der Waals surface area contributed by atoms with E-state index in [1.54, 1.807) is 12.1 Å². The molecule has 0 bridgehead atoms. The quantitative estimate of drug-likeness (QED) is 0.529. The number of hydrogen-bond donors (Lipinski definition) is 1. The summed E-state index contributed by atoms with van der Waals surface area (Å²) in [5.41, 5.74) is 2.76. The summed E-state index contributed by atoms with van der Waals surface area (Å²) in [5.74, 6) is 0.347. The summed E-state index contributed by atoms with van der Waals surface area (Å²) in [7, 11) is 0. The zero-order valence-corrected chi connectivity index (χ0v) is 15.6. The molecule has 0 spiro atoms. The Morgan fingerprint density at radius 3 is 2.24 bits per heavy atom. The van der Waals surface area contributed by atoms with E-state index < -0.39 is 0 Å². The minimum absolute atomic E-state index is 0.102. The average molecular weight is 385 g/mol. The highest BCUT2D eigenvalue weighted by atomic mass is 16.5. The molecule has 0 atom stereocenters. The first-order chi connectivity index (χ1) is 14.3. The van der Waals surface area contributed by atoms with Gasteiger partial charge in [0, 0.05) is 6.07 Å². The first-order valence-electron chi connectivity index (χ1n) is 9.15. The lowest BCUT2D eigenvalue weighted by Gasteiger charge is -2.20. The van der Waals surface area contributed by atoms with Crippen LogP contribution in [-0.2, 0) is 4.79 Å². The molecule has 0 radical (unpaired) electrons. The number of aromatic nitrogens is 4. The van der Waals surface area contributed by atoms with Crippen LogP contribution in [0.5, 0.6) is 5.75 Å². The second kappa shape index (κ2) is 8.79. The predicted molar refractivity (Wildman–Crippen MR) is 108 cm³/mol. The van der Waals surface area contributed by atoms with Crippen LogP contribution in [0.1, 0.15) is 17.2 Å². The molecule has 3 aromatic carbocycles. The van der Waals surface area contributed by atoms with E-state index >= 15 is 0 Å². The molecule has 0 aliphatic carbocycles. The Kier molecular flexibility index (Phi) is 5.57. The molecule has 1 amide bonds. The van der Waals surface area contributed by atoms with Gasteiger partial charge in [-0.3, -0.25) is 4.79 Å². The Hall–Kier alpha value is -4.00. The van der Waals surface area contributed by atoms with Gasteiger partial charge in [-0.05, 0) is 33.7 Å². The highest BCUT2D eigenvalue weighted by Crippen LogP contribution is 2.22. The van der Waals surface area contributed by atoms with E-state index in [0.29, 0.717) is 5.75 Å². The van der Waals surface area contributed by atoms with E-state index in [-0.39, 0.29) is 18.6 Å². The van der Waals surface area contributed by atoms with Gasteiger partial charge in [-0.25, -0.2) is 4.68 Å². The molecule has 7 heteroatoms. The summed E-state index contributed by atoms with van der Waals surface area (Å²) >= 11 is 0. The van der Waals surface area contributed by atoms with Gasteiger partial charge in [-0.1, -0.05) is 66.7 Å². The number of hydrogen-bond acceptors (Lipinski definition) is 5. The lowest BCUT2D eigenvalue weighted by Crippen LogP contribution is -2.33. The molecule has 1 N–H and O–H groups in total. The number of benzene rings is 3. The third kappa shape index (κ3) is 4.65. The second-order valence-electron chi connectivity index (χ2n) is 6.36. The van der Waals surface area contributed by atoms with E-state index in [1.807, 2.05) is 72.8 Å². The number of carbonyl (C=O) groups is 1. The van der Waals surface area contributed by atoms with Crippen LogP contribution in [0.2, 0.25) is 0 Å². The highest BCUT2D eigenvalue weighted by Gasteiger charge is 2.17. The van der Waals surface area contributed by atoms with Crippen LogP contribution in [0.3, 0.4) is 0 Å².